The Morgan fingerprint density at radius 2 is 1.78 bits per heavy atom. The molecule has 4 nitrogen and oxygen atoms in total. The monoisotopic (exact) mass is 361 g/mol. The van der Waals surface area contributed by atoms with Gasteiger partial charge in [-0.15, -0.1) is 0 Å². The van der Waals surface area contributed by atoms with E-state index in [9.17, 15) is 4.79 Å². The minimum absolute atomic E-state index is 0.0470. The highest BCUT2D eigenvalue weighted by atomic mass is 16.1. The number of para-hydroxylation sites is 1. The van der Waals surface area contributed by atoms with Crippen molar-refractivity contribution in [2.24, 2.45) is 0 Å². The van der Waals surface area contributed by atoms with Crippen LogP contribution in [0.15, 0.2) is 54.6 Å². The molecule has 1 heterocycles. The van der Waals surface area contributed by atoms with E-state index in [-0.39, 0.29) is 5.91 Å². The van der Waals surface area contributed by atoms with E-state index in [0.29, 0.717) is 18.8 Å². The number of amides is 1. The van der Waals surface area contributed by atoms with Crippen LogP contribution in [-0.2, 0) is 11.2 Å². The molecule has 4 heteroatoms. The van der Waals surface area contributed by atoms with Crippen molar-refractivity contribution in [3.8, 4) is 5.69 Å². The lowest BCUT2D eigenvalue weighted by molar-refractivity contribution is -0.116. The third kappa shape index (κ3) is 4.64. The van der Waals surface area contributed by atoms with Crippen LogP contribution in [0.3, 0.4) is 0 Å². The fraction of sp³-hybridized carbons (Fsp3) is 0.304. The van der Waals surface area contributed by atoms with Crippen molar-refractivity contribution in [3.05, 3.63) is 77.1 Å². The Balaban J connectivity index is 1.60. The van der Waals surface area contributed by atoms with Crippen LogP contribution in [0.4, 0.5) is 5.69 Å². The molecule has 27 heavy (non-hydrogen) atoms. The lowest BCUT2D eigenvalue weighted by Crippen LogP contribution is -2.14. The molecule has 0 atom stereocenters. The topological polar surface area (TPSA) is 46.9 Å². The first-order valence-electron chi connectivity index (χ1n) is 9.45. The molecule has 3 rings (SSSR count). The minimum Gasteiger partial charge on any atom is -0.326 e. The Morgan fingerprint density at radius 3 is 2.41 bits per heavy atom. The average molecular weight is 361 g/mol. The summed E-state index contributed by atoms with van der Waals surface area (Å²) in [7, 11) is 0. The molecule has 0 unspecified atom stereocenters. The lowest BCUT2D eigenvalue weighted by Gasteiger charge is -2.13. The van der Waals surface area contributed by atoms with E-state index < -0.39 is 0 Å². The summed E-state index contributed by atoms with van der Waals surface area (Å²) in [5.41, 5.74) is 6.39. The summed E-state index contributed by atoms with van der Waals surface area (Å²) in [6.07, 6.45) is 1.18. The second-order valence-corrected chi connectivity index (χ2v) is 7.30. The maximum atomic E-state index is 12.4. The smallest absolute Gasteiger partial charge is 0.224 e. The zero-order chi connectivity index (χ0) is 19.4. The molecular weight excluding hydrogens is 334 g/mol. The van der Waals surface area contributed by atoms with Crippen molar-refractivity contribution < 1.29 is 4.79 Å². The Morgan fingerprint density at radius 1 is 1.07 bits per heavy atom. The van der Waals surface area contributed by atoms with Crippen LogP contribution in [0.25, 0.3) is 5.69 Å². The van der Waals surface area contributed by atoms with Crippen LogP contribution >= 0.6 is 0 Å². The van der Waals surface area contributed by atoms with E-state index in [1.165, 1.54) is 5.56 Å². The molecule has 1 amide bonds. The number of nitrogens with zero attached hydrogens (tertiary/aromatic N) is 2. The molecular formula is C23H27N3O. The fourth-order valence-corrected chi connectivity index (χ4v) is 3.28. The fourth-order valence-electron chi connectivity index (χ4n) is 3.28. The van der Waals surface area contributed by atoms with Gasteiger partial charge < -0.3 is 5.32 Å². The molecule has 0 aliphatic carbocycles. The van der Waals surface area contributed by atoms with Crippen molar-refractivity contribution in [1.82, 2.24) is 9.78 Å². The van der Waals surface area contributed by atoms with Crippen LogP contribution in [0.5, 0.6) is 0 Å². The number of hydrogen-bond acceptors (Lipinski definition) is 2. The second kappa shape index (κ2) is 8.21. The highest BCUT2D eigenvalue weighted by Crippen LogP contribution is 2.24. The zero-order valence-corrected chi connectivity index (χ0v) is 16.5. The van der Waals surface area contributed by atoms with E-state index in [1.54, 1.807) is 0 Å². The standard InChI is InChI=1S/C23H27N3O/c1-16(2)21-7-5-6-8-22(21)24-23(27)14-11-19-9-12-20(13-10-19)26-18(4)15-17(3)25-26/h5-10,12-13,15-16H,11,14H2,1-4H3,(H,24,27). The van der Waals surface area contributed by atoms with Gasteiger partial charge in [0.05, 0.1) is 11.4 Å². The molecule has 3 aromatic rings. The van der Waals surface area contributed by atoms with E-state index in [0.717, 1.165) is 28.3 Å². The predicted molar refractivity (Wildman–Crippen MR) is 111 cm³/mol. The molecule has 1 N–H and O–H groups in total. The maximum Gasteiger partial charge on any atom is 0.224 e. The third-order valence-electron chi connectivity index (χ3n) is 4.69. The van der Waals surface area contributed by atoms with Gasteiger partial charge in [0.25, 0.3) is 0 Å². The van der Waals surface area contributed by atoms with E-state index in [2.05, 4.69) is 60.7 Å². The van der Waals surface area contributed by atoms with Gasteiger partial charge in [0, 0.05) is 17.8 Å². The lowest BCUT2D eigenvalue weighted by atomic mass is 10.0. The molecule has 0 bridgehead atoms. The highest BCUT2D eigenvalue weighted by Gasteiger charge is 2.10. The third-order valence-corrected chi connectivity index (χ3v) is 4.69. The summed E-state index contributed by atoms with van der Waals surface area (Å²) in [5.74, 6) is 0.425. The van der Waals surface area contributed by atoms with Gasteiger partial charge in [-0.3, -0.25) is 4.79 Å². The SMILES string of the molecule is Cc1cc(C)n(-c2ccc(CCC(=O)Nc3ccccc3C(C)C)cc2)n1. The zero-order valence-electron chi connectivity index (χ0n) is 16.5. The average Bonchev–Trinajstić information content (AvgIpc) is 2.99. The van der Waals surface area contributed by atoms with Crippen LogP contribution in [0, 0.1) is 13.8 Å². The van der Waals surface area contributed by atoms with Crippen LogP contribution < -0.4 is 5.32 Å². The highest BCUT2D eigenvalue weighted by molar-refractivity contribution is 5.91. The van der Waals surface area contributed by atoms with Gasteiger partial charge in [0.1, 0.15) is 0 Å². The number of carbonyl (C=O) groups is 1. The molecule has 0 saturated heterocycles. The number of benzene rings is 2. The Bertz CT molecular complexity index is 923. The molecule has 140 valence electrons. The first-order valence-corrected chi connectivity index (χ1v) is 9.45. The summed E-state index contributed by atoms with van der Waals surface area (Å²) in [5, 5.41) is 7.56. The number of nitrogens with one attached hydrogen (secondary N) is 1. The van der Waals surface area contributed by atoms with Crippen molar-refractivity contribution in [1.29, 1.82) is 0 Å². The summed E-state index contributed by atoms with van der Waals surface area (Å²) < 4.78 is 1.94. The van der Waals surface area contributed by atoms with Gasteiger partial charge in [-0.2, -0.15) is 5.10 Å². The first-order chi connectivity index (χ1) is 12.9. The van der Waals surface area contributed by atoms with Crippen LogP contribution in [0.2, 0.25) is 0 Å². The Kier molecular flexibility index (Phi) is 5.75. The summed E-state index contributed by atoms with van der Waals surface area (Å²) in [6.45, 7) is 8.31. The van der Waals surface area contributed by atoms with Crippen molar-refractivity contribution in [3.63, 3.8) is 0 Å². The summed E-state index contributed by atoms with van der Waals surface area (Å²) >= 11 is 0. The van der Waals surface area contributed by atoms with Crippen LogP contribution in [0.1, 0.15) is 48.7 Å². The summed E-state index contributed by atoms with van der Waals surface area (Å²) in [4.78, 5) is 12.4. The molecule has 0 saturated carbocycles. The molecule has 0 radical (unpaired) electrons. The van der Waals surface area contributed by atoms with Gasteiger partial charge in [0.15, 0.2) is 0 Å². The van der Waals surface area contributed by atoms with Crippen molar-refractivity contribution in [2.75, 3.05) is 5.32 Å². The molecule has 1 aromatic heterocycles. The molecule has 0 spiro atoms. The van der Waals surface area contributed by atoms with Crippen molar-refractivity contribution >= 4 is 11.6 Å². The number of anilines is 1. The molecule has 2 aromatic carbocycles. The van der Waals surface area contributed by atoms with Gasteiger partial charge in [-0.05, 0) is 61.6 Å². The normalized spacial score (nSPS) is 11.0. The number of aryl methyl sites for hydroxylation is 3. The Hall–Kier alpha value is -2.88. The van der Waals surface area contributed by atoms with Gasteiger partial charge in [-0.1, -0.05) is 44.2 Å². The summed E-state index contributed by atoms with van der Waals surface area (Å²) in [6, 6.07) is 18.3. The number of hydrogen-bond donors (Lipinski definition) is 1. The first kappa shape index (κ1) is 18.9. The van der Waals surface area contributed by atoms with Gasteiger partial charge in [0.2, 0.25) is 5.91 Å². The second-order valence-electron chi connectivity index (χ2n) is 7.30. The number of rotatable bonds is 6. The molecule has 0 aliphatic rings. The van der Waals surface area contributed by atoms with E-state index >= 15 is 0 Å². The Labute approximate surface area is 161 Å². The largest absolute Gasteiger partial charge is 0.326 e. The minimum atomic E-state index is 0.0470. The van der Waals surface area contributed by atoms with Gasteiger partial charge in [-0.25, -0.2) is 4.68 Å². The molecule has 0 aliphatic heterocycles. The van der Waals surface area contributed by atoms with E-state index in [4.69, 9.17) is 0 Å². The predicted octanol–water partition coefficient (Wildman–Crippen LogP) is 5.18. The van der Waals surface area contributed by atoms with E-state index in [1.807, 2.05) is 36.7 Å². The van der Waals surface area contributed by atoms with Gasteiger partial charge >= 0.3 is 0 Å². The molecule has 0 fully saturated rings. The van der Waals surface area contributed by atoms with Crippen LogP contribution in [-0.4, -0.2) is 15.7 Å². The quantitative estimate of drug-likeness (QED) is 0.657. The number of aromatic nitrogens is 2. The van der Waals surface area contributed by atoms with Crippen molar-refractivity contribution in [2.45, 2.75) is 46.5 Å². The number of carbonyl (C=O) groups excluding carboxylic acids is 1. The maximum absolute atomic E-state index is 12.4.